The first-order valence-electron chi connectivity index (χ1n) is 7.32. The van der Waals surface area contributed by atoms with Crippen molar-refractivity contribution in [2.75, 3.05) is 11.4 Å². The van der Waals surface area contributed by atoms with Crippen LogP contribution in [0, 0.1) is 10.1 Å². The SMILES string of the molecule is C[C@H](OC(=O)c1ccc([N+](=O)[O-])o1)C(=O)N1CCc2ccccc21. The summed E-state index contributed by atoms with van der Waals surface area (Å²) in [6.45, 7) is 1.98. The second-order valence-corrected chi connectivity index (χ2v) is 5.31. The molecule has 1 aromatic heterocycles. The summed E-state index contributed by atoms with van der Waals surface area (Å²) in [4.78, 5) is 35.8. The lowest BCUT2D eigenvalue weighted by molar-refractivity contribution is -0.402. The van der Waals surface area contributed by atoms with Crippen molar-refractivity contribution in [3.05, 3.63) is 57.8 Å². The van der Waals surface area contributed by atoms with E-state index in [0.29, 0.717) is 6.54 Å². The van der Waals surface area contributed by atoms with E-state index in [4.69, 9.17) is 9.15 Å². The zero-order chi connectivity index (χ0) is 17.3. The number of esters is 1. The Morgan fingerprint density at radius 2 is 2.04 bits per heavy atom. The van der Waals surface area contributed by atoms with Crippen molar-refractivity contribution in [1.29, 1.82) is 0 Å². The van der Waals surface area contributed by atoms with E-state index in [1.807, 2.05) is 24.3 Å². The summed E-state index contributed by atoms with van der Waals surface area (Å²) >= 11 is 0. The Bertz CT molecular complexity index is 812. The minimum Gasteiger partial charge on any atom is -0.447 e. The number of hydrogen-bond acceptors (Lipinski definition) is 6. The van der Waals surface area contributed by atoms with Crippen molar-refractivity contribution in [3.63, 3.8) is 0 Å². The lowest BCUT2D eigenvalue weighted by Crippen LogP contribution is -2.39. The minimum atomic E-state index is -1.03. The summed E-state index contributed by atoms with van der Waals surface area (Å²) in [5.74, 6) is -2.15. The summed E-state index contributed by atoms with van der Waals surface area (Å²) in [6, 6.07) is 9.72. The van der Waals surface area contributed by atoms with Gasteiger partial charge in [-0.3, -0.25) is 14.9 Å². The fraction of sp³-hybridized carbons (Fsp3) is 0.250. The van der Waals surface area contributed by atoms with Gasteiger partial charge in [-0.15, -0.1) is 0 Å². The number of hydrogen-bond donors (Lipinski definition) is 0. The van der Waals surface area contributed by atoms with Gasteiger partial charge in [0, 0.05) is 12.2 Å². The number of benzene rings is 1. The molecule has 3 rings (SSSR count). The van der Waals surface area contributed by atoms with Crippen LogP contribution < -0.4 is 4.90 Å². The second-order valence-electron chi connectivity index (χ2n) is 5.31. The highest BCUT2D eigenvalue weighted by molar-refractivity contribution is 6.00. The quantitative estimate of drug-likeness (QED) is 0.484. The van der Waals surface area contributed by atoms with Gasteiger partial charge in [0.15, 0.2) is 6.10 Å². The maximum atomic E-state index is 12.5. The predicted octanol–water partition coefficient (Wildman–Crippen LogP) is 2.32. The van der Waals surface area contributed by atoms with Gasteiger partial charge in [0.2, 0.25) is 5.76 Å². The maximum Gasteiger partial charge on any atom is 0.433 e. The molecule has 1 aromatic carbocycles. The summed E-state index contributed by atoms with van der Waals surface area (Å²) in [5, 5.41) is 10.6. The smallest absolute Gasteiger partial charge is 0.433 e. The van der Waals surface area contributed by atoms with Gasteiger partial charge in [-0.25, -0.2) is 4.79 Å². The molecule has 8 nitrogen and oxygen atoms in total. The average Bonchev–Trinajstić information content (AvgIpc) is 3.21. The highest BCUT2D eigenvalue weighted by Crippen LogP contribution is 2.28. The first-order valence-corrected chi connectivity index (χ1v) is 7.32. The first-order chi connectivity index (χ1) is 11.5. The number of nitrogens with zero attached hydrogens (tertiary/aromatic N) is 2. The van der Waals surface area contributed by atoms with Gasteiger partial charge in [0.05, 0.1) is 6.07 Å². The van der Waals surface area contributed by atoms with E-state index in [1.165, 1.54) is 6.92 Å². The van der Waals surface area contributed by atoms with Gasteiger partial charge in [-0.05, 0) is 31.0 Å². The topological polar surface area (TPSA) is 103 Å². The van der Waals surface area contributed by atoms with E-state index in [2.05, 4.69) is 0 Å². The van der Waals surface area contributed by atoms with Crippen LogP contribution in [-0.4, -0.2) is 29.4 Å². The van der Waals surface area contributed by atoms with Crippen LogP contribution in [0.4, 0.5) is 11.6 Å². The van der Waals surface area contributed by atoms with Gasteiger partial charge in [0.25, 0.3) is 5.91 Å². The number of nitro groups is 1. The van der Waals surface area contributed by atoms with E-state index in [9.17, 15) is 19.7 Å². The van der Waals surface area contributed by atoms with Crippen molar-refractivity contribution < 1.29 is 23.7 Å². The molecular weight excluding hydrogens is 316 g/mol. The first kappa shape index (κ1) is 15.7. The van der Waals surface area contributed by atoms with Crippen LogP contribution in [0.15, 0.2) is 40.8 Å². The maximum absolute atomic E-state index is 12.5. The van der Waals surface area contributed by atoms with Crippen molar-refractivity contribution >= 4 is 23.4 Å². The molecular formula is C16H14N2O6. The van der Waals surface area contributed by atoms with Gasteiger partial charge in [-0.2, -0.15) is 0 Å². The highest BCUT2D eigenvalue weighted by atomic mass is 16.7. The molecule has 0 aliphatic carbocycles. The lowest BCUT2D eigenvalue weighted by Gasteiger charge is -2.21. The molecule has 0 unspecified atom stereocenters. The highest BCUT2D eigenvalue weighted by Gasteiger charge is 2.30. The summed E-state index contributed by atoms with van der Waals surface area (Å²) < 4.78 is 9.84. The fourth-order valence-corrected chi connectivity index (χ4v) is 2.59. The van der Waals surface area contributed by atoms with Gasteiger partial charge >= 0.3 is 11.9 Å². The molecule has 0 saturated heterocycles. The minimum absolute atomic E-state index is 0.317. The molecule has 0 radical (unpaired) electrons. The lowest BCUT2D eigenvalue weighted by atomic mass is 10.2. The fourth-order valence-electron chi connectivity index (χ4n) is 2.59. The normalized spacial score (nSPS) is 14.1. The summed E-state index contributed by atoms with van der Waals surface area (Å²) in [6.07, 6.45) is -0.291. The molecule has 0 fully saturated rings. The molecule has 1 aliphatic heterocycles. The molecule has 24 heavy (non-hydrogen) atoms. The van der Waals surface area contributed by atoms with Crippen LogP contribution in [0.1, 0.15) is 23.0 Å². The van der Waals surface area contributed by atoms with Crippen molar-refractivity contribution in [2.24, 2.45) is 0 Å². The predicted molar refractivity (Wildman–Crippen MR) is 82.7 cm³/mol. The number of carbonyl (C=O) groups excluding carboxylic acids is 2. The number of ether oxygens (including phenoxy) is 1. The van der Waals surface area contributed by atoms with Crippen LogP contribution in [-0.2, 0) is 16.0 Å². The van der Waals surface area contributed by atoms with Crippen LogP contribution in [0.2, 0.25) is 0 Å². The third-order valence-electron chi connectivity index (χ3n) is 3.76. The van der Waals surface area contributed by atoms with Gasteiger partial charge in [-0.1, -0.05) is 18.2 Å². The Labute approximate surface area is 136 Å². The van der Waals surface area contributed by atoms with Crippen molar-refractivity contribution in [3.8, 4) is 0 Å². The molecule has 124 valence electrons. The number of carbonyl (C=O) groups is 2. The molecule has 1 amide bonds. The van der Waals surface area contributed by atoms with Crippen LogP contribution in [0.5, 0.6) is 0 Å². The second kappa shape index (κ2) is 6.15. The molecule has 8 heteroatoms. The number of fused-ring (bicyclic) bond motifs is 1. The summed E-state index contributed by atoms with van der Waals surface area (Å²) in [7, 11) is 0. The molecule has 2 aromatic rings. The van der Waals surface area contributed by atoms with Gasteiger partial charge < -0.3 is 14.1 Å². The number of para-hydroxylation sites is 1. The molecule has 1 atom stereocenters. The Hall–Kier alpha value is -3.16. The molecule has 0 spiro atoms. The van der Waals surface area contributed by atoms with E-state index in [1.54, 1.807) is 4.90 Å². The van der Waals surface area contributed by atoms with Gasteiger partial charge in [0.1, 0.15) is 4.92 Å². The zero-order valence-electron chi connectivity index (χ0n) is 12.8. The Kier molecular flexibility index (Phi) is 4.03. The summed E-state index contributed by atoms with van der Waals surface area (Å²) in [5.41, 5.74) is 1.87. The van der Waals surface area contributed by atoms with E-state index >= 15 is 0 Å². The zero-order valence-corrected chi connectivity index (χ0v) is 12.8. The Balaban J connectivity index is 1.68. The van der Waals surface area contributed by atoms with Crippen LogP contribution in [0.3, 0.4) is 0 Å². The van der Waals surface area contributed by atoms with Crippen molar-refractivity contribution in [1.82, 2.24) is 0 Å². The molecule has 2 heterocycles. The molecule has 1 aliphatic rings. The standard InChI is InChI=1S/C16H14N2O6/c1-10(23-16(20)13-6-7-14(24-13)18(21)22)15(19)17-9-8-11-4-2-3-5-12(11)17/h2-7,10H,8-9H2,1H3/t10-/m0/s1. The third kappa shape index (κ3) is 2.85. The third-order valence-corrected chi connectivity index (χ3v) is 3.76. The van der Waals surface area contributed by atoms with Crippen molar-refractivity contribution in [2.45, 2.75) is 19.4 Å². The van der Waals surface area contributed by atoms with Crippen LogP contribution >= 0.6 is 0 Å². The number of anilines is 1. The average molecular weight is 330 g/mol. The van der Waals surface area contributed by atoms with E-state index in [0.717, 1.165) is 29.8 Å². The van der Waals surface area contributed by atoms with E-state index in [-0.39, 0.29) is 11.7 Å². The Morgan fingerprint density at radius 1 is 1.29 bits per heavy atom. The van der Waals surface area contributed by atoms with Crippen LogP contribution in [0.25, 0.3) is 0 Å². The number of rotatable bonds is 4. The number of furan rings is 1. The van der Waals surface area contributed by atoms with E-state index < -0.39 is 22.9 Å². The monoisotopic (exact) mass is 330 g/mol. The Morgan fingerprint density at radius 3 is 2.75 bits per heavy atom. The number of amides is 1. The molecule has 0 saturated carbocycles. The largest absolute Gasteiger partial charge is 0.447 e. The molecule has 0 N–H and O–H groups in total. The molecule has 0 bridgehead atoms.